The van der Waals surface area contributed by atoms with Gasteiger partial charge >= 0.3 is 0 Å². The standard InChI is InChI=1S/C16H17N5O3/c1-10-17-12-5-7-21(6-4-11(12)15(22)18-10)9-14-19-20-16(24-14)13-3-2-8-23-13/h2-3,8H,4-7,9H2,1H3,(H,17,18,22). The maximum Gasteiger partial charge on any atom is 0.283 e. The van der Waals surface area contributed by atoms with Gasteiger partial charge in [-0.15, -0.1) is 10.2 Å². The second kappa shape index (κ2) is 6.04. The number of nitrogens with one attached hydrogen (secondary N) is 1. The third-order valence-electron chi connectivity index (χ3n) is 4.12. The summed E-state index contributed by atoms with van der Waals surface area (Å²) in [4.78, 5) is 21.5. The van der Waals surface area contributed by atoms with Gasteiger partial charge in [0.2, 0.25) is 5.89 Å². The summed E-state index contributed by atoms with van der Waals surface area (Å²) in [6.07, 6.45) is 2.97. The van der Waals surface area contributed by atoms with Crippen LogP contribution in [0.4, 0.5) is 0 Å². The first-order valence-corrected chi connectivity index (χ1v) is 7.86. The lowest BCUT2D eigenvalue weighted by molar-refractivity contribution is 0.250. The van der Waals surface area contributed by atoms with Crippen LogP contribution in [0.1, 0.15) is 23.0 Å². The van der Waals surface area contributed by atoms with Crippen LogP contribution in [0.15, 0.2) is 32.0 Å². The number of hydrogen-bond donors (Lipinski definition) is 1. The van der Waals surface area contributed by atoms with Crippen LogP contribution in [0, 0.1) is 6.92 Å². The van der Waals surface area contributed by atoms with E-state index in [-0.39, 0.29) is 5.56 Å². The van der Waals surface area contributed by atoms with Crippen molar-refractivity contribution in [2.24, 2.45) is 0 Å². The van der Waals surface area contributed by atoms with E-state index >= 15 is 0 Å². The van der Waals surface area contributed by atoms with Crippen LogP contribution in [-0.2, 0) is 19.4 Å². The van der Waals surface area contributed by atoms with E-state index in [9.17, 15) is 4.79 Å². The summed E-state index contributed by atoms with van der Waals surface area (Å²) >= 11 is 0. The van der Waals surface area contributed by atoms with Gasteiger partial charge < -0.3 is 13.8 Å². The predicted molar refractivity (Wildman–Crippen MR) is 84.3 cm³/mol. The molecule has 0 fully saturated rings. The molecular weight excluding hydrogens is 310 g/mol. The molecule has 0 saturated carbocycles. The molecule has 1 N–H and O–H groups in total. The van der Waals surface area contributed by atoms with Crippen LogP contribution in [0.2, 0.25) is 0 Å². The molecule has 1 aliphatic rings. The van der Waals surface area contributed by atoms with Gasteiger partial charge in [-0.1, -0.05) is 0 Å². The fourth-order valence-electron chi connectivity index (χ4n) is 2.95. The third-order valence-corrected chi connectivity index (χ3v) is 4.12. The Morgan fingerprint density at radius 3 is 3.00 bits per heavy atom. The van der Waals surface area contributed by atoms with Gasteiger partial charge in [0.15, 0.2) is 5.76 Å². The number of nitrogens with zero attached hydrogens (tertiary/aromatic N) is 4. The number of fused-ring (bicyclic) bond motifs is 1. The average molecular weight is 327 g/mol. The van der Waals surface area contributed by atoms with E-state index in [1.54, 1.807) is 25.3 Å². The number of aryl methyl sites for hydroxylation is 1. The van der Waals surface area contributed by atoms with Gasteiger partial charge in [-0.05, 0) is 25.5 Å². The van der Waals surface area contributed by atoms with Gasteiger partial charge in [0.05, 0.1) is 18.5 Å². The SMILES string of the molecule is Cc1nc2c(c(=O)[nH]1)CCN(Cc1nnc(-c3ccco3)o1)CC2. The van der Waals surface area contributed by atoms with Crippen LogP contribution >= 0.6 is 0 Å². The van der Waals surface area contributed by atoms with Crippen molar-refractivity contribution in [3.05, 3.63) is 51.7 Å². The van der Waals surface area contributed by atoms with E-state index in [1.807, 2.05) is 0 Å². The van der Waals surface area contributed by atoms with Crippen LogP contribution < -0.4 is 5.56 Å². The topological polar surface area (TPSA) is 101 Å². The lowest BCUT2D eigenvalue weighted by Crippen LogP contribution is -2.26. The largest absolute Gasteiger partial charge is 0.459 e. The van der Waals surface area contributed by atoms with E-state index < -0.39 is 0 Å². The molecule has 0 aliphatic carbocycles. The summed E-state index contributed by atoms with van der Waals surface area (Å²) in [6, 6.07) is 3.55. The zero-order valence-corrected chi connectivity index (χ0v) is 13.3. The van der Waals surface area contributed by atoms with Gasteiger partial charge in [0.1, 0.15) is 5.82 Å². The fourth-order valence-corrected chi connectivity index (χ4v) is 2.95. The zero-order chi connectivity index (χ0) is 16.5. The molecular formula is C16H17N5O3. The van der Waals surface area contributed by atoms with Crippen molar-refractivity contribution in [2.45, 2.75) is 26.3 Å². The molecule has 124 valence electrons. The summed E-state index contributed by atoms with van der Waals surface area (Å²) in [7, 11) is 0. The van der Waals surface area contributed by atoms with Gasteiger partial charge in [-0.25, -0.2) is 4.98 Å². The highest BCUT2D eigenvalue weighted by Crippen LogP contribution is 2.19. The normalized spacial score (nSPS) is 15.2. The molecule has 0 radical (unpaired) electrons. The molecule has 8 nitrogen and oxygen atoms in total. The van der Waals surface area contributed by atoms with Crippen molar-refractivity contribution in [3.63, 3.8) is 0 Å². The molecule has 0 spiro atoms. The third kappa shape index (κ3) is 2.88. The Kier molecular flexibility index (Phi) is 3.73. The number of rotatable bonds is 3. The lowest BCUT2D eigenvalue weighted by atomic mass is 10.1. The molecule has 3 aromatic rings. The Hall–Kier alpha value is -2.74. The van der Waals surface area contributed by atoms with Gasteiger partial charge in [-0.3, -0.25) is 9.69 Å². The summed E-state index contributed by atoms with van der Waals surface area (Å²) in [5.41, 5.74) is 1.64. The maximum absolute atomic E-state index is 12.1. The molecule has 0 amide bonds. The smallest absolute Gasteiger partial charge is 0.283 e. The highest BCUT2D eigenvalue weighted by Gasteiger charge is 2.20. The van der Waals surface area contributed by atoms with Crippen molar-refractivity contribution >= 4 is 0 Å². The molecule has 0 unspecified atom stereocenters. The number of hydrogen-bond acceptors (Lipinski definition) is 7. The van der Waals surface area contributed by atoms with E-state index in [2.05, 4.69) is 25.1 Å². The molecule has 0 bridgehead atoms. The maximum atomic E-state index is 12.1. The minimum absolute atomic E-state index is 0.0303. The highest BCUT2D eigenvalue weighted by atomic mass is 16.4. The van der Waals surface area contributed by atoms with Gasteiger partial charge in [0, 0.05) is 25.1 Å². The van der Waals surface area contributed by atoms with Crippen molar-refractivity contribution < 1.29 is 8.83 Å². The Morgan fingerprint density at radius 1 is 1.29 bits per heavy atom. The van der Waals surface area contributed by atoms with Crippen molar-refractivity contribution in [2.75, 3.05) is 13.1 Å². The van der Waals surface area contributed by atoms with Gasteiger partial charge in [-0.2, -0.15) is 0 Å². The number of H-pyrrole nitrogens is 1. The monoisotopic (exact) mass is 327 g/mol. The van der Waals surface area contributed by atoms with Crippen LogP contribution in [0.5, 0.6) is 0 Å². The van der Waals surface area contributed by atoms with Crippen molar-refractivity contribution in [3.8, 4) is 11.7 Å². The van der Waals surface area contributed by atoms with E-state index in [0.717, 1.165) is 30.8 Å². The second-order valence-corrected chi connectivity index (χ2v) is 5.83. The van der Waals surface area contributed by atoms with Crippen LogP contribution in [-0.4, -0.2) is 38.2 Å². The lowest BCUT2D eigenvalue weighted by Gasteiger charge is -2.16. The second-order valence-electron chi connectivity index (χ2n) is 5.83. The van der Waals surface area contributed by atoms with E-state index in [1.165, 1.54) is 0 Å². The summed E-state index contributed by atoms with van der Waals surface area (Å²) < 4.78 is 10.9. The number of aromatic nitrogens is 4. The van der Waals surface area contributed by atoms with Crippen LogP contribution in [0.3, 0.4) is 0 Å². The Bertz CT molecular complexity index is 897. The minimum atomic E-state index is -0.0303. The number of aromatic amines is 1. The first-order chi connectivity index (χ1) is 11.7. The molecule has 4 rings (SSSR count). The summed E-state index contributed by atoms with van der Waals surface area (Å²) in [6.45, 7) is 3.89. The van der Waals surface area contributed by atoms with Crippen molar-refractivity contribution in [1.29, 1.82) is 0 Å². The Balaban J connectivity index is 1.47. The summed E-state index contributed by atoms with van der Waals surface area (Å²) in [5.74, 6) is 2.13. The fraction of sp³-hybridized carbons (Fsp3) is 0.375. The molecule has 3 aromatic heterocycles. The van der Waals surface area contributed by atoms with Gasteiger partial charge in [0.25, 0.3) is 11.4 Å². The number of furan rings is 1. The molecule has 0 saturated heterocycles. The summed E-state index contributed by atoms with van der Waals surface area (Å²) in [5, 5.41) is 8.08. The van der Waals surface area contributed by atoms with Crippen molar-refractivity contribution in [1.82, 2.24) is 25.1 Å². The molecule has 24 heavy (non-hydrogen) atoms. The molecule has 4 heterocycles. The Labute approximate surface area is 137 Å². The minimum Gasteiger partial charge on any atom is -0.459 e. The zero-order valence-electron chi connectivity index (χ0n) is 13.3. The predicted octanol–water partition coefficient (Wildman–Crippen LogP) is 1.32. The first kappa shape index (κ1) is 14.8. The molecule has 8 heteroatoms. The first-order valence-electron chi connectivity index (χ1n) is 7.86. The highest BCUT2D eigenvalue weighted by molar-refractivity contribution is 5.42. The van der Waals surface area contributed by atoms with E-state index in [0.29, 0.717) is 36.3 Å². The molecule has 0 atom stereocenters. The molecule has 0 aromatic carbocycles. The Morgan fingerprint density at radius 2 is 2.17 bits per heavy atom. The average Bonchev–Trinajstić information content (AvgIpc) is 3.18. The van der Waals surface area contributed by atoms with E-state index in [4.69, 9.17) is 8.83 Å². The quantitative estimate of drug-likeness (QED) is 0.774. The molecule has 1 aliphatic heterocycles. The van der Waals surface area contributed by atoms with Crippen LogP contribution in [0.25, 0.3) is 11.7 Å².